The van der Waals surface area contributed by atoms with E-state index in [1.807, 2.05) is 24.3 Å². The number of likely N-dealkylation sites (tertiary alicyclic amines) is 1. The van der Waals surface area contributed by atoms with E-state index in [1.165, 1.54) is 11.2 Å². The Morgan fingerprint density at radius 2 is 1.76 bits per heavy atom. The standard InChI is InChI=1S/C22H24N2O5/c25-20(23-10-4-1-5-11-23)15-29-22(27)18-13-16-7-2-3-8-17(16)14-24(18)21(26)19-9-6-12-28-19/h2-3,6-9,12,18H,1,4-5,10-11,13-15H2. The third-order valence-corrected chi connectivity index (χ3v) is 5.56. The van der Waals surface area contributed by atoms with E-state index in [0.717, 1.165) is 30.4 Å². The Balaban J connectivity index is 1.48. The summed E-state index contributed by atoms with van der Waals surface area (Å²) >= 11 is 0. The number of hydrogen-bond acceptors (Lipinski definition) is 5. The van der Waals surface area contributed by atoms with Crippen LogP contribution in [0.1, 0.15) is 40.9 Å². The van der Waals surface area contributed by atoms with Crippen molar-refractivity contribution in [3.8, 4) is 0 Å². The van der Waals surface area contributed by atoms with Crippen molar-refractivity contribution in [3.05, 3.63) is 59.5 Å². The van der Waals surface area contributed by atoms with Gasteiger partial charge in [-0.15, -0.1) is 0 Å². The van der Waals surface area contributed by atoms with E-state index in [4.69, 9.17) is 9.15 Å². The largest absolute Gasteiger partial charge is 0.459 e. The number of furan rings is 1. The summed E-state index contributed by atoms with van der Waals surface area (Å²) in [6.45, 7) is 1.40. The van der Waals surface area contributed by atoms with Gasteiger partial charge in [0.25, 0.3) is 11.8 Å². The Kier molecular flexibility index (Phi) is 5.64. The lowest BCUT2D eigenvalue weighted by molar-refractivity contribution is -0.156. The number of rotatable bonds is 4. The van der Waals surface area contributed by atoms with E-state index < -0.39 is 12.0 Å². The van der Waals surface area contributed by atoms with Crippen LogP contribution in [0.4, 0.5) is 0 Å². The van der Waals surface area contributed by atoms with Crippen LogP contribution in [0.25, 0.3) is 0 Å². The van der Waals surface area contributed by atoms with Gasteiger partial charge in [-0.05, 0) is 42.5 Å². The highest BCUT2D eigenvalue weighted by molar-refractivity contribution is 5.95. The highest BCUT2D eigenvalue weighted by Crippen LogP contribution is 2.26. The monoisotopic (exact) mass is 396 g/mol. The summed E-state index contributed by atoms with van der Waals surface area (Å²) in [5, 5.41) is 0. The highest BCUT2D eigenvalue weighted by Gasteiger charge is 2.37. The van der Waals surface area contributed by atoms with E-state index >= 15 is 0 Å². The molecule has 1 saturated heterocycles. The molecule has 1 aromatic heterocycles. The van der Waals surface area contributed by atoms with Crippen molar-refractivity contribution in [1.82, 2.24) is 9.80 Å². The molecule has 1 fully saturated rings. The molecule has 4 rings (SSSR count). The van der Waals surface area contributed by atoms with Gasteiger partial charge in [-0.25, -0.2) is 4.79 Å². The van der Waals surface area contributed by atoms with Crippen molar-refractivity contribution in [2.24, 2.45) is 0 Å². The molecule has 2 aliphatic heterocycles. The average molecular weight is 396 g/mol. The highest BCUT2D eigenvalue weighted by atomic mass is 16.5. The van der Waals surface area contributed by atoms with Gasteiger partial charge in [0.15, 0.2) is 12.4 Å². The second-order valence-electron chi connectivity index (χ2n) is 7.45. The predicted octanol–water partition coefficient (Wildman–Crippen LogP) is 2.40. The maximum absolute atomic E-state index is 12.9. The lowest BCUT2D eigenvalue weighted by atomic mass is 9.93. The number of amides is 2. The fourth-order valence-electron chi connectivity index (χ4n) is 3.95. The lowest BCUT2D eigenvalue weighted by Gasteiger charge is -2.35. The lowest BCUT2D eigenvalue weighted by Crippen LogP contribution is -2.50. The number of hydrogen-bond donors (Lipinski definition) is 0. The quantitative estimate of drug-likeness (QED) is 0.742. The number of esters is 1. The Bertz CT molecular complexity index is 886. The van der Waals surface area contributed by atoms with Gasteiger partial charge in [0, 0.05) is 26.1 Å². The zero-order chi connectivity index (χ0) is 20.2. The first kappa shape index (κ1) is 19.2. The molecule has 0 saturated carbocycles. The summed E-state index contributed by atoms with van der Waals surface area (Å²) in [6, 6.07) is 10.1. The molecule has 0 bridgehead atoms. The zero-order valence-electron chi connectivity index (χ0n) is 16.2. The van der Waals surface area contributed by atoms with Crippen LogP contribution in [0.3, 0.4) is 0 Å². The molecular formula is C22H24N2O5. The molecule has 0 spiro atoms. The third kappa shape index (κ3) is 4.18. The second kappa shape index (κ2) is 8.51. The summed E-state index contributed by atoms with van der Waals surface area (Å²) in [5.41, 5.74) is 1.99. The number of carbonyl (C=O) groups excluding carboxylic acids is 3. The molecule has 2 amide bonds. The molecule has 1 unspecified atom stereocenters. The first-order valence-corrected chi connectivity index (χ1v) is 9.99. The minimum Gasteiger partial charge on any atom is -0.459 e. The van der Waals surface area contributed by atoms with Crippen LogP contribution in [-0.2, 0) is 27.3 Å². The molecule has 0 aliphatic carbocycles. The van der Waals surface area contributed by atoms with E-state index in [0.29, 0.717) is 19.5 Å². The summed E-state index contributed by atoms with van der Waals surface area (Å²) in [6.07, 6.45) is 4.85. The molecule has 29 heavy (non-hydrogen) atoms. The van der Waals surface area contributed by atoms with Gasteiger partial charge in [-0.1, -0.05) is 24.3 Å². The van der Waals surface area contributed by atoms with Crippen LogP contribution >= 0.6 is 0 Å². The van der Waals surface area contributed by atoms with Gasteiger partial charge in [-0.3, -0.25) is 9.59 Å². The van der Waals surface area contributed by atoms with Crippen molar-refractivity contribution in [2.75, 3.05) is 19.7 Å². The molecule has 2 aromatic rings. The number of carbonyl (C=O) groups is 3. The van der Waals surface area contributed by atoms with Gasteiger partial charge >= 0.3 is 5.97 Å². The van der Waals surface area contributed by atoms with Crippen molar-refractivity contribution < 1.29 is 23.5 Å². The molecule has 3 heterocycles. The number of fused-ring (bicyclic) bond motifs is 1. The summed E-state index contributed by atoms with van der Waals surface area (Å²) in [5.74, 6) is -0.941. The SMILES string of the molecule is O=C(OCC(=O)N1CCCCC1)C1Cc2ccccc2CN1C(=O)c1ccco1. The minimum atomic E-state index is -0.795. The van der Waals surface area contributed by atoms with E-state index in [2.05, 4.69) is 0 Å². The minimum absolute atomic E-state index is 0.173. The molecule has 152 valence electrons. The number of nitrogens with zero attached hydrogens (tertiary/aromatic N) is 2. The maximum Gasteiger partial charge on any atom is 0.329 e. The second-order valence-corrected chi connectivity index (χ2v) is 7.45. The molecular weight excluding hydrogens is 372 g/mol. The van der Waals surface area contributed by atoms with Crippen molar-refractivity contribution >= 4 is 17.8 Å². The van der Waals surface area contributed by atoms with Crippen molar-refractivity contribution in [1.29, 1.82) is 0 Å². The number of piperidine rings is 1. The Morgan fingerprint density at radius 1 is 1.00 bits per heavy atom. The van der Waals surface area contributed by atoms with Gasteiger partial charge in [0.1, 0.15) is 6.04 Å². The fraction of sp³-hybridized carbons (Fsp3) is 0.409. The van der Waals surface area contributed by atoms with Crippen LogP contribution in [0.15, 0.2) is 47.1 Å². The first-order valence-electron chi connectivity index (χ1n) is 9.99. The predicted molar refractivity (Wildman–Crippen MR) is 104 cm³/mol. The third-order valence-electron chi connectivity index (χ3n) is 5.56. The Labute approximate surface area is 169 Å². The first-order chi connectivity index (χ1) is 14.1. The van der Waals surface area contributed by atoms with Crippen LogP contribution in [-0.4, -0.2) is 53.3 Å². The van der Waals surface area contributed by atoms with E-state index in [1.54, 1.807) is 17.0 Å². The molecule has 1 atom stereocenters. The van der Waals surface area contributed by atoms with Gasteiger partial charge < -0.3 is 19.0 Å². The van der Waals surface area contributed by atoms with Crippen LogP contribution in [0.5, 0.6) is 0 Å². The smallest absolute Gasteiger partial charge is 0.329 e. The summed E-state index contributed by atoms with van der Waals surface area (Å²) < 4.78 is 10.6. The van der Waals surface area contributed by atoms with Crippen LogP contribution in [0, 0.1) is 0 Å². The van der Waals surface area contributed by atoms with Crippen LogP contribution in [0.2, 0.25) is 0 Å². The zero-order valence-corrected chi connectivity index (χ0v) is 16.2. The Morgan fingerprint density at radius 3 is 2.48 bits per heavy atom. The fourth-order valence-corrected chi connectivity index (χ4v) is 3.95. The summed E-state index contributed by atoms with van der Waals surface area (Å²) in [7, 11) is 0. The number of benzene rings is 1. The number of ether oxygens (including phenoxy) is 1. The van der Waals surface area contributed by atoms with Gasteiger partial charge in [0.05, 0.1) is 6.26 Å². The molecule has 0 N–H and O–H groups in total. The molecule has 2 aliphatic rings. The maximum atomic E-state index is 12.9. The van der Waals surface area contributed by atoms with E-state index in [-0.39, 0.29) is 30.7 Å². The molecule has 0 radical (unpaired) electrons. The average Bonchev–Trinajstić information content (AvgIpc) is 3.31. The van der Waals surface area contributed by atoms with Gasteiger partial charge in [-0.2, -0.15) is 0 Å². The topological polar surface area (TPSA) is 80.1 Å². The van der Waals surface area contributed by atoms with Crippen molar-refractivity contribution in [2.45, 2.75) is 38.3 Å². The Hall–Kier alpha value is -3.09. The molecule has 7 heteroatoms. The molecule has 1 aromatic carbocycles. The van der Waals surface area contributed by atoms with Gasteiger partial charge in [0.2, 0.25) is 0 Å². The van der Waals surface area contributed by atoms with E-state index in [9.17, 15) is 14.4 Å². The summed E-state index contributed by atoms with van der Waals surface area (Å²) in [4.78, 5) is 41.3. The van der Waals surface area contributed by atoms with Crippen molar-refractivity contribution in [3.63, 3.8) is 0 Å². The van der Waals surface area contributed by atoms with Crippen LogP contribution < -0.4 is 0 Å². The molecule has 7 nitrogen and oxygen atoms in total. The normalized spacial score (nSPS) is 18.8.